The number of carboxylic acid groups (broad SMARTS) is 1. The summed E-state index contributed by atoms with van der Waals surface area (Å²) in [5, 5.41) is 9.02. The molecular formula is C18H10F6O4. The first-order valence-corrected chi connectivity index (χ1v) is 7.62. The van der Waals surface area contributed by atoms with Gasteiger partial charge in [0.1, 0.15) is 17.2 Å². The van der Waals surface area contributed by atoms with Gasteiger partial charge in [-0.2, -0.15) is 26.3 Å². The molecule has 1 heterocycles. The summed E-state index contributed by atoms with van der Waals surface area (Å²) in [6.07, 6.45) is -11.2. The predicted molar refractivity (Wildman–Crippen MR) is 84.0 cm³/mol. The van der Waals surface area contributed by atoms with Crippen molar-refractivity contribution in [1.29, 1.82) is 0 Å². The van der Waals surface area contributed by atoms with E-state index in [1.54, 1.807) is 0 Å². The van der Waals surface area contributed by atoms with Gasteiger partial charge in [0.05, 0.1) is 11.1 Å². The minimum Gasteiger partial charge on any atom is -0.478 e. The van der Waals surface area contributed by atoms with Crippen LogP contribution >= 0.6 is 0 Å². The van der Waals surface area contributed by atoms with Crippen LogP contribution in [0.5, 0.6) is 17.2 Å². The third-order valence-corrected chi connectivity index (χ3v) is 3.78. The Morgan fingerprint density at radius 2 is 1.57 bits per heavy atom. The number of rotatable bonds is 3. The molecule has 10 heteroatoms. The lowest BCUT2D eigenvalue weighted by molar-refractivity contribution is -0.187. The number of ether oxygens (including phenoxy) is 2. The van der Waals surface area contributed by atoms with E-state index in [4.69, 9.17) is 14.6 Å². The molecule has 4 nitrogen and oxygen atoms in total. The van der Waals surface area contributed by atoms with Gasteiger partial charge in [-0.3, -0.25) is 0 Å². The molecule has 0 unspecified atom stereocenters. The lowest BCUT2D eigenvalue weighted by Crippen LogP contribution is -2.40. The summed E-state index contributed by atoms with van der Waals surface area (Å²) in [5.41, 5.74) is -1.83. The molecule has 0 bridgehead atoms. The normalized spacial score (nSPS) is 16.6. The van der Waals surface area contributed by atoms with E-state index < -0.39 is 35.6 Å². The average Bonchev–Trinajstić information content (AvgIpc) is 2.59. The molecule has 28 heavy (non-hydrogen) atoms. The third kappa shape index (κ3) is 4.05. The Kier molecular flexibility index (Phi) is 4.74. The number of fused-ring (bicyclic) bond motifs is 1. The first kappa shape index (κ1) is 19.6. The molecule has 1 atom stereocenters. The number of carboxylic acids is 1. The van der Waals surface area contributed by atoms with Crippen molar-refractivity contribution in [2.45, 2.75) is 18.5 Å². The Bertz CT molecular complexity index is 929. The van der Waals surface area contributed by atoms with Crippen LogP contribution in [0.2, 0.25) is 0 Å². The van der Waals surface area contributed by atoms with Crippen molar-refractivity contribution in [3.8, 4) is 17.2 Å². The molecule has 2 aromatic carbocycles. The SMILES string of the molecule is O=C(O)C1=Cc2cc(Oc3ccc(C(F)(F)F)cc3)ccc2O[C@@H]1C(F)(F)F. The summed E-state index contributed by atoms with van der Waals surface area (Å²) in [6.45, 7) is 0. The molecule has 148 valence electrons. The van der Waals surface area contributed by atoms with Crippen LogP contribution in [-0.4, -0.2) is 23.4 Å². The smallest absolute Gasteiger partial charge is 0.430 e. The first-order valence-electron chi connectivity index (χ1n) is 7.62. The highest BCUT2D eigenvalue weighted by atomic mass is 19.4. The largest absolute Gasteiger partial charge is 0.478 e. The number of hydrogen-bond donors (Lipinski definition) is 1. The molecule has 0 aromatic heterocycles. The number of hydrogen-bond acceptors (Lipinski definition) is 3. The highest BCUT2D eigenvalue weighted by molar-refractivity contribution is 5.95. The highest BCUT2D eigenvalue weighted by Crippen LogP contribution is 2.39. The van der Waals surface area contributed by atoms with Gasteiger partial charge in [0.25, 0.3) is 0 Å². The Balaban J connectivity index is 1.88. The molecule has 0 fully saturated rings. The van der Waals surface area contributed by atoms with E-state index in [1.807, 2.05) is 0 Å². The van der Waals surface area contributed by atoms with Crippen molar-refractivity contribution in [2.75, 3.05) is 0 Å². The maximum atomic E-state index is 13.0. The number of aliphatic carboxylic acids is 1. The van der Waals surface area contributed by atoms with Crippen molar-refractivity contribution in [3.05, 3.63) is 59.2 Å². The molecule has 0 amide bonds. The molecule has 0 saturated heterocycles. The molecule has 1 aliphatic heterocycles. The minimum absolute atomic E-state index is 0.0299. The van der Waals surface area contributed by atoms with Crippen molar-refractivity contribution in [2.24, 2.45) is 0 Å². The lowest BCUT2D eigenvalue weighted by atomic mass is 10.0. The van der Waals surface area contributed by atoms with Gasteiger partial charge in [0.2, 0.25) is 6.10 Å². The van der Waals surface area contributed by atoms with E-state index in [2.05, 4.69) is 0 Å². The van der Waals surface area contributed by atoms with Gasteiger partial charge in [0.15, 0.2) is 0 Å². The summed E-state index contributed by atoms with van der Waals surface area (Å²) < 4.78 is 86.8. The molecular weight excluding hydrogens is 394 g/mol. The van der Waals surface area contributed by atoms with Crippen LogP contribution in [0.4, 0.5) is 26.3 Å². The third-order valence-electron chi connectivity index (χ3n) is 3.78. The van der Waals surface area contributed by atoms with Gasteiger partial charge < -0.3 is 14.6 Å². The van der Waals surface area contributed by atoms with E-state index in [0.717, 1.165) is 36.4 Å². The Labute approximate surface area is 153 Å². The Hall–Kier alpha value is -3.17. The molecule has 0 aliphatic carbocycles. The van der Waals surface area contributed by atoms with E-state index in [0.29, 0.717) is 0 Å². The number of halogens is 6. The topological polar surface area (TPSA) is 55.8 Å². The molecule has 0 radical (unpaired) electrons. The van der Waals surface area contributed by atoms with Crippen LogP contribution in [0.25, 0.3) is 6.08 Å². The fourth-order valence-corrected chi connectivity index (χ4v) is 2.51. The zero-order valence-corrected chi connectivity index (χ0v) is 13.6. The molecule has 3 rings (SSSR count). The van der Waals surface area contributed by atoms with Crippen LogP contribution in [0.1, 0.15) is 11.1 Å². The standard InChI is InChI=1S/C18H10F6O4/c19-17(20,21)10-1-3-11(4-2-10)27-12-5-6-14-9(7-12)8-13(16(25)26)15(28-14)18(22,23)24/h1-8,15H,(H,25,26)/t15-/m0/s1. The van der Waals surface area contributed by atoms with Gasteiger partial charge >= 0.3 is 18.3 Å². The quantitative estimate of drug-likeness (QED) is 0.707. The van der Waals surface area contributed by atoms with Gasteiger partial charge in [-0.1, -0.05) is 0 Å². The summed E-state index contributed by atoms with van der Waals surface area (Å²) in [6, 6.07) is 7.42. The fraction of sp³-hybridized carbons (Fsp3) is 0.167. The fourth-order valence-electron chi connectivity index (χ4n) is 2.51. The summed E-state index contributed by atoms with van der Waals surface area (Å²) in [7, 11) is 0. The number of benzene rings is 2. The van der Waals surface area contributed by atoms with Gasteiger partial charge in [-0.15, -0.1) is 0 Å². The van der Waals surface area contributed by atoms with Crippen LogP contribution in [0, 0.1) is 0 Å². The van der Waals surface area contributed by atoms with Gasteiger partial charge in [0, 0.05) is 5.56 Å². The zero-order valence-electron chi connectivity index (χ0n) is 13.6. The molecule has 2 aromatic rings. The van der Waals surface area contributed by atoms with Gasteiger partial charge in [-0.05, 0) is 48.5 Å². The summed E-state index contributed by atoms with van der Waals surface area (Å²) in [5.74, 6) is -1.86. The van der Waals surface area contributed by atoms with Crippen molar-refractivity contribution < 1.29 is 45.7 Å². The second kappa shape index (κ2) is 6.77. The maximum absolute atomic E-state index is 13.0. The van der Waals surface area contributed by atoms with E-state index >= 15 is 0 Å². The van der Waals surface area contributed by atoms with E-state index in [9.17, 15) is 31.1 Å². The van der Waals surface area contributed by atoms with Crippen molar-refractivity contribution in [3.63, 3.8) is 0 Å². The van der Waals surface area contributed by atoms with E-state index in [1.165, 1.54) is 12.1 Å². The average molecular weight is 404 g/mol. The highest BCUT2D eigenvalue weighted by Gasteiger charge is 2.48. The molecule has 0 spiro atoms. The van der Waals surface area contributed by atoms with Gasteiger partial charge in [-0.25, -0.2) is 4.79 Å². The predicted octanol–water partition coefficient (Wildman–Crippen LogP) is 5.29. The molecule has 1 N–H and O–H groups in total. The lowest BCUT2D eigenvalue weighted by Gasteiger charge is -2.27. The van der Waals surface area contributed by atoms with Crippen LogP contribution < -0.4 is 9.47 Å². The second-order valence-corrected chi connectivity index (χ2v) is 5.77. The van der Waals surface area contributed by atoms with Crippen LogP contribution in [0.15, 0.2) is 48.0 Å². The monoisotopic (exact) mass is 404 g/mol. The van der Waals surface area contributed by atoms with Crippen LogP contribution in [0.3, 0.4) is 0 Å². The summed E-state index contributed by atoms with van der Waals surface area (Å²) >= 11 is 0. The minimum atomic E-state index is -4.92. The van der Waals surface area contributed by atoms with Crippen LogP contribution in [-0.2, 0) is 11.0 Å². The first-order chi connectivity index (χ1) is 12.9. The zero-order chi connectivity index (χ0) is 20.7. The van der Waals surface area contributed by atoms with E-state index in [-0.39, 0.29) is 22.8 Å². The Morgan fingerprint density at radius 1 is 0.964 bits per heavy atom. The number of alkyl halides is 6. The van der Waals surface area contributed by atoms with Crippen molar-refractivity contribution >= 4 is 12.0 Å². The summed E-state index contributed by atoms with van der Waals surface area (Å²) in [4.78, 5) is 11.1. The molecule has 0 saturated carbocycles. The number of carbonyl (C=O) groups is 1. The Morgan fingerprint density at radius 3 is 2.11 bits per heavy atom. The van der Waals surface area contributed by atoms with Crippen molar-refractivity contribution in [1.82, 2.24) is 0 Å². The maximum Gasteiger partial charge on any atom is 0.430 e. The molecule has 1 aliphatic rings. The second-order valence-electron chi connectivity index (χ2n) is 5.77.